The second-order valence-electron chi connectivity index (χ2n) is 8.74. The fraction of sp³-hybridized carbons (Fsp3) is 0.500. The normalized spacial score (nSPS) is 12.0. The number of benzene rings is 1. The number of guanidine groups is 1. The van der Waals surface area contributed by atoms with E-state index in [1.807, 2.05) is 82.0 Å². The van der Waals surface area contributed by atoms with Crippen LogP contribution >= 0.6 is 24.0 Å². The predicted octanol–water partition coefficient (Wildman–Crippen LogP) is 3.50. The number of nitrogens with zero attached hydrogens (tertiary/aromatic N) is 3. The molecule has 0 aliphatic heterocycles. The van der Waals surface area contributed by atoms with Gasteiger partial charge in [-0.25, -0.2) is 9.48 Å². The topological polar surface area (TPSA) is 92.6 Å². The van der Waals surface area contributed by atoms with Gasteiger partial charge in [0, 0.05) is 26.3 Å². The molecule has 0 saturated heterocycles. The second-order valence-corrected chi connectivity index (χ2v) is 8.74. The first-order valence-corrected chi connectivity index (χ1v) is 10.1. The molecule has 9 heteroatoms. The molecule has 8 nitrogen and oxygen atoms in total. The van der Waals surface area contributed by atoms with Crippen molar-refractivity contribution in [2.75, 3.05) is 20.1 Å². The number of nitrogens with one attached hydrogen (secondary N) is 3. The summed E-state index contributed by atoms with van der Waals surface area (Å²) < 4.78 is 7.19. The Kier molecular flexibility index (Phi) is 10.3. The maximum atomic E-state index is 12.0. The largest absolute Gasteiger partial charge is 0.444 e. The molecule has 3 N–H and O–H groups in total. The molecule has 0 aliphatic carbocycles. The van der Waals surface area contributed by atoms with Gasteiger partial charge in [0.25, 0.3) is 0 Å². The van der Waals surface area contributed by atoms with Gasteiger partial charge in [0.15, 0.2) is 5.96 Å². The third-order valence-corrected chi connectivity index (χ3v) is 4.12. The van der Waals surface area contributed by atoms with Gasteiger partial charge in [-0.3, -0.25) is 4.99 Å². The summed E-state index contributed by atoms with van der Waals surface area (Å²) in [5.41, 5.74) is 1.14. The van der Waals surface area contributed by atoms with Crippen LogP contribution in [-0.2, 0) is 11.2 Å². The first kappa shape index (κ1) is 26.7. The molecule has 1 amide bonds. The molecule has 1 heterocycles. The van der Waals surface area contributed by atoms with Crippen molar-refractivity contribution >= 4 is 36.0 Å². The average molecular weight is 542 g/mol. The van der Waals surface area contributed by atoms with Gasteiger partial charge in [-0.15, -0.1) is 24.0 Å². The highest BCUT2D eigenvalue weighted by atomic mass is 127. The standard InChI is InChI=1S/C22H34N6O2.HI/c1-21(2,3)30-20(29)27-22(4,5)16-25-19(23-6)24-13-12-17-14-26-28(15-17)18-10-8-7-9-11-18;/h7-11,14-15H,12-13,16H2,1-6H3,(H,27,29)(H2,23,24,25);1H. The third-order valence-electron chi connectivity index (χ3n) is 4.12. The molecule has 0 aliphatic rings. The summed E-state index contributed by atoms with van der Waals surface area (Å²) >= 11 is 0. The molecule has 0 radical (unpaired) electrons. The van der Waals surface area contributed by atoms with E-state index in [-0.39, 0.29) is 24.0 Å². The lowest BCUT2D eigenvalue weighted by atomic mass is 10.1. The minimum absolute atomic E-state index is 0. The zero-order chi connectivity index (χ0) is 22.2. The number of carbonyl (C=O) groups excluding carboxylic acids is 1. The zero-order valence-corrected chi connectivity index (χ0v) is 21.6. The van der Waals surface area contributed by atoms with Gasteiger partial charge in [-0.1, -0.05) is 18.2 Å². The third kappa shape index (κ3) is 10.0. The van der Waals surface area contributed by atoms with Gasteiger partial charge < -0.3 is 20.7 Å². The Labute approximate surface area is 202 Å². The molecule has 0 atom stereocenters. The van der Waals surface area contributed by atoms with Crippen LogP contribution in [0.3, 0.4) is 0 Å². The molecule has 172 valence electrons. The first-order valence-electron chi connectivity index (χ1n) is 10.1. The van der Waals surface area contributed by atoms with Crippen molar-refractivity contribution in [2.24, 2.45) is 4.99 Å². The highest BCUT2D eigenvalue weighted by Gasteiger charge is 2.24. The fourth-order valence-electron chi connectivity index (χ4n) is 2.69. The SMILES string of the molecule is CN=C(NCCc1cnn(-c2ccccc2)c1)NCC(C)(C)NC(=O)OC(C)(C)C.I. The molecule has 0 saturated carbocycles. The van der Waals surface area contributed by atoms with Crippen LogP contribution in [0.2, 0.25) is 0 Å². The summed E-state index contributed by atoms with van der Waals surface area (Å²) in [5, 5.41) is 13.8. The Morgan fingerprint density at radius 3 is 2.42 bits per heavy atom. The monoisotopic (exact) mass is 542 g/mol. The van der Waals surface area contributed by atoms with Crippen LogP contribution in [0.15, 0.2) is 47.7 Å². The van der Waals surface area contributed by atoms with E-state index in [4.69, 9.17) is 4.74 Å². The van der Waals surface area contributed by atoms with Gasteiger partial charge in [0.05, 0.1) is 17.4 Å². The van der Waals surface area contributed by atoms with E-state index in [1.165, 1.54) is 0 Å². The number of hydrogen-bond donors (Lipinski definition) is 3. The average Bonchev–Trinajstić information content (AvgIpc) is 3.12. The van der Waals surface area contributed by atoms with Crippen LogP contribution in [0, 0.1) is 0 Å². The molecule has 2 aromatic rings. The number of rotatable bonds is 7. The lowest BCUT2D eigenvalue weighted by molar-refractivity contribution is 0.0474. The second kappa shape index (κ2) is 11.9. The van der Waals surface area contributed by atoms with E-state index in [9.17, 15) is 4.79 Å². The summed E-state index contributed by atoms with van der Waals surface area (Å²) in [6.07, 6.45) is 4.28. The van der Waals surface area contributed by atoms with Crippen molar-refractivity contribution in [2.45, 2.75) is 52.2 Å². The lowest BCUT2D eigenvalue weighted by Crippen LogP contribution is -2.54. The number of carbonyl (C=O) groups is 1. The van der Waals surface area contributed by atoms with Gasteiger partial charge in [0.2, 0.25) is 0 Å². The summed E-state index contributed by atoms with van der Waals surface area (Å²) in [7, 11) is 1.72. The van der Waals surface area contributed by atoms with Crippen molar-refractivity contribution in [3.05, 3.63) is 48.3 Å². The molecule has 31 heavy (non-hydrogen) atoms. The molecule has 1 aromatic heterocycles. The summed E-state index contributed by atoms with van der Waals surface area (Å²) in [6.45, 7) is 10.6. The quantitative estimate of drug-likeness (QED) is 0.283. The fourth-order valence-corrected chi connectivity index (χ4v) is 2.69. The Bertz CT molecular complexity index is 843. The van der Waals surface area contributed by atoms with Crippen molar-refractivity contribution in [3.8, 4) is 5.69 Å². The summed E-state index contributed by atoms with van der Waals surface area (Å²) in [4.78, 5) is 16.3. The van der Waals surface area contributed by atoms with E-state index in [0.717, 1.165) is 17.7 Å². The number of alkyl carbamates (subject to hydrolysis) is 1. The maximum Gasteiger partial charge on any atom is 0.408 e. The van der Waals surface area contributed by atoms with Crippen molar-refractivity contribution in [1.82, 2.24) is 25.7 Å². The highest BCUT2D eigenvalue weighted by molar-refractivity contribution is 14.0. The number of ether oxygens (including phenoxy) is 1. The number of amides is 1. The van der Waals surface area contributed by atoms with Gasteiger partial charge in [0.1, 0.15) is 5.60 Å². The molecule has 0 unspecified atom stereocenters. The summed E-state index contributed by atoms with van der Waals surface area (Å²) in [5.74, 6) is 0.671. The molecule has 0 spiro atoms. The van der Waals surface area contributed by atoms with E-state index in [1.54, 1.807) is 7.05 Å². The van der Waals surface area contributed by atoms with E-state index < -0.39 is 17.2 Å². The van der Waals surface area contributed by atoms with Gasteiger partial charge >= 0.3 is 6.09 Å². The van der Waals surface area contributed by atoms with Gasteiger partial charge in [-0.2, -0.15) is 5.10 Å². The van der Waals surface area contributed by atoms with Crippen molar-refractivity contribution < 1.29 is 9.53 Å². The van der Waals surface area contributed by atoms with E-state index >= 15 is 0 Å². The minimum Gasteiger partial charge on any atom is -0.444 e. The Hall–Kier alpha value is -2.30. The Balaban J connectivity index is 0.00000480. The first-order chi connectivity index (χ1) is 14.1. The van der Waals surface area contributed by atoms with Crippen molar-refractivity contribution in [1.29, 1.82) is 0 Å². The van der Waals surface area contributed by atoms with Crippen LogP contribution in [0.25, 0.3) is 5.69 Å². The Morgan fingerprint density at radius 1 is 1.13 bits per heavy atom. The molecular weight excluding hydrogens is 507 g/mol. The molecule has 0 bridgehead atoms. The number of halogens is 1. The van der Waals surface area contributed by atoms with Gasteiger partial charge in [-0.05, 0) is 58.7 Å². The number of aliphatic imine (C=N–C) groups is 1. The zero-order valence-electron chi connectivity index (χ0n) is 19.2. The van der Waals surface area contributed by atoms with E-state index in [2.05, 4.69) is 26.0 Å². The molecule has 2 rings (SSSR count). The molecule has 0 fully saturated rings. The van der Waals surface area contributed by atoms with Crippen LogP contribution in [0.4, 0.5) is 4.79 Å². The number of para-hydroxylation sites is 1. The van der Waals surface area contributed by atoms with Crippen LogP contribution in [0.5, 0.6) is 0 Å². The highest BCUT2D eigenvalue weighted by Crippen LogP contribution is 2.09. The maximum absolute atomic E-state index is 12.0. The summed E-state index contributed by atoms with van der Waals surface area (Å²) in [6, 6.07) is 10.0. The molecular formula is C22H35IN6O2. The number of hydrogen-bond acceptors (Lipinski definition) is 4. The number of aromatic nitrogens is 2. The van der Waals surface area contributed by atoms with Crippen LogP contribution in [-0.4, -0.2) is 53.1 Å². The minimum atomic E-state index is -0.528. The van der Waals surface area contributed by atoms with Crippen LogP contribution < -0.4 is 16.0 Å². The lowest BCUT2D eigenvalue weighted by Gasteiger charge is -2.29. The predicted molar refractivity (Wildman–Crippen MR) is 135 cm³/mol. The smallest absolute Gasteiger partial charge is 0.408 e. The molecule has 1 aromatic carbocycles. The van der Waals surface area contributed by atoms with E-state index in [0.29, 0.717) is 19.0 Å². The van der Waals surface area contributed by atoms with Crippen molar-refractivity contribution in [3.63, 3.8) is 0 Å². The van der Waals surface area contributed by atoms with Crippen LogP contribution in [0.1, 0.15) is 40.2 Å². The Morgan fingerprint density at radius 2 is 1.81 bits per heavy atom.